The van der Waals surface area contributed by atoms with E-state index in [1.54, 1.807) is 13.0 Å². The predicted octanol–water partition coefficient (Wildman–Crippen LogP) is 5.64. The average molecular weight is 682 g/mol. The lowest BCUT2D eigenvalue weighted by Gasteiger charge is -2.41. The molecule has 8 nitrogen and oxygen atoms in total. The number of pyridine rings is 1. The number of nitrogens with zero attached hydrogens (tertiary/aromatic N) is 5. The molecule has 5 aliphatic rings. The maximum atomic E-state index is 17.3. The van der Waals surface area contributed by atoms with E-state index in [0.717, 1.165) is 43.3 Å². The molecule has 1 N–H and O–H groups in total. The molecule has 5 atom stereocenters. The summed E-state index contributed by atoms with van der Waals surface area (Å²) in [6, 6.07) is 9.40. The number of piperazine rings is 1. The molecule has 4 aromatic rings. The average Bonchev–Trinajstić information content (AvgIpc) is 3.70. The first-order valence-corrected chi connectivity index (χ1v) is 17.2. The van der Waals surface area contributed by atoms with Crippen molar-refractivity contribution in [1.29, 1.82) is 0 Å². The number of hydrogen-bond acceptors (Lipinski definition) is 7. The van der Waals surface area contributed by atoms with Crippen molar-refractivity contribution in [3.8, 4) is 17.3 Å². The number of nitrogens with one attached hydrogen (secondary N) is 1. The molecule has 2 bridgehead atoms. The second-order valence-electron chi connectivity index (χ2n) is 14.6. The predicted molar refractivity (Wildman–Crippen MR) is 172 cm³/mol. The number of ether oxygens (including phenoxy) is 2. The minimum atomic E-state index is -4.72. The van der Waals surface area contributed by atoms with Gasteiger partial charge in [0.15, 0.2) is 11.5 Å². The van der Waals surface area contributed by atoms with Crippen LogP contribution in [0.25, 0.3) is 32.9 Å². The Kier molecular flexibility index (Phi) is 7.13. The fraction of sp³-hybridized carbons (Fsp3) is 0.528. The maximum Gasteiger partial charge on any atom is 0.522 e. The van der Waals surface area contributed by atoms with Crippen molar-refractivity contribution in [2.24, 2.45) is 7.05 Å². The van der Waals surface area contributed by atoms with Crippen LogP contribution < -0.4 is 19.5 Å². The van der Waals surface area contributed by atoms with Crippen LogP contribution in [0.15, 0.2) is 30.3 Å². The van der Waals surface area contributed by atoms with Gasteiger partial charge in [-0.25, -0.2) is 4.39 Å². The van der Waals surface area contributed by atoms with Gasteiger partial charge >= 0.3 is 12.4 Å². The minimum Gasteiger partial charge on any atom is -0.461 e. The molecule has 4 fully saturated rings. The van der Waals surface area contributed by atoms with E-state index < -0.39 is 23.8 Å². The molecule has 5 aliphatic heterocycles. The molecule has 0 amide bonds. The number of rotatable bonds is 5. The summed E-state index contributed by atoms with van der Waals surface area (Å²) in [5.41, 5.74) is 1.69. The van der Waals surface area contributed by atoms with Gasteiger partial charge in [-0.2, -0.15) is 18.9 Å². The van der Waals surface area contributed by atoms with Crippen LogP contribution in [0.4, 0.5) is 27.8 Å². The monoisotopic (exact) mass is 681 g/mol. The van der Waals surface area contributed by atoms with Crippen molar-refractivity contribution in [2.75, 3.05) is 31.1 Å². The smallest absolute Gasteiger partial charge is 0.461 e. The van der Waals surface area contributed by atoms with Gasteiger partial charge in [0.25, 0.3) is 5.69 Å². The Hall–Kier alpha value is -3.68. The molecule has 4 saturated heterocycles. The van der Waals surface area contributed by atoms with Gasteiger partial charge in [0.1, 0.15) is 30.4 Å². The van der Waals surface area contributed by atoms with Crippen LogP contribution in [-0.4, -0.2) is 77.2 Å². The van der Waals surface area contributed by atoms with Gasteiger partial charge in [-0.15, -0.1) is 13.2 Å². The molecule has 0 saturated carbocycles. The second kappa shape index (κ2) is 11.2. The number of aryl methyl sites for hydroxylation is 2. The van der Waals surface area contributed by atoms with E-state index in [-0.39, 0.29) is 49.0 Å². The first-order chi connectivity index (χ1) is 23.5. The van der Waals surface area contributed by atoms with E-state index in [1.807, 2.05) is 34.7 Å². The summed E-state index contributed by atoms with van der Waals surface area (Å²) in [4.78, 5) is 14.0. The number of halogens is 5. The second-order valence-corrected chi connectivity index (χ2v) is 14.6. The molecule has 0 radical (unpaired) electrons. The molecule has 49 heavy (non-hydrogen) atoms. The van der Waals surface area contributed by atoms with Crippen molar-refractivity contribution in [1.82, 2.24) is 20.2 Å². The van der Waals surface area contributed by atoms with Crippen LogP contribution in [0.1, 0.15) is 49.8 Å². The van der Waals surface area contributed by atoms with E-state index >= 15 is 4.39 Å². The summed E-state index contributed by atoms with van der Waals surface area (Å²) in [6.07, 6.45) is -0.447. The first-order valence-electron chi connectivity index (χ1n) is 17.2. The van der Waals surface area contributed by atoms with E-state index in [2.05, 4.69) is 15.0 Å². The Morgan fingerprint density at radius 1 is 1.06 bits per heavy atom. The minimum absolute atomic E-state index is 0.000224. The van der Waals surface area contributed by atoms with Crippen LogP contribution in [0.3, 0.4) is 0 Å². The van der Waals surface area contributed by atoms with Gasteiger partial charge in [-0.05, 0) is 75.1 Å². The summed E-state index contributed by atoms with van der Waals surface area (Å²) in [6.45, 7) is 3.31. The molecule has 258 valence electrons. The summed E-state index contributed by atoms with van der Waals surface area (Å²) < 4.78 is 84.4. The molecule has 9 rings (SSSR count). The van der Waals surface area contributed by atoms with Crippen LogP contribution in [0, 0.1) is 18.6 Å². The molecule has 2 aromatic carbocycles. The summed E-state index contributed by atoms with van der Waals surface area (Å²) in [5.74, 6) is -0.290. The zero-order valence-electron chi connectivity index (χ0n) is 27.4. The lowest BCUT2D eigenvalue weighted by atomic mass is 9.94. The molecule has 0 aliphatic carbocycles. The van der Waals surface area contributed by atoms with Gasteiger partial charge in [-0.1, -0.05) is 18.2 Å². The molecule has 2 aromatic heterocycles. The van der Waals surface area contributed by atoms with Crippen molar-refractivity contribution in [3.63, 3.8) is 0 Å². The van der Waals surface area contributed by atoms with Crippen molar-refractivity contribution in [2.45, 2.75) is 88.0 Å². The van der Waals surface area contributed by atoms with Gasteiger partial charge in [0, 0.05) is 43.0 Å². The third-order valence-electron chi connectivity index (χ3n) is 11.9. The molecular formula is C36H38F5N6O2+. The molecular weight excluding hydrogens is 643 g/mol. The number of aromatic nitrogens is 3. The van der Waals surface area contributed by atoms with E-state index in [9.17, 15) is 17.6 Å². The fourth-order valence-corrected chi connectivity index (χ4v) is 9.72. The SMILES string of the molecule is Cc1c(F)ccc2cccc(-c3c(F)c4nc(OC[C@@]56CCCN5C[C@@H](OC(F)(F)F)C6)nc5c4c([n+]3C)CC[C@@H]3[C@@H]4CC[C@H](CN53)N4)c12. The van der Waals surface area contributed by atoms with Gasteiger partial charge in [-0.3, -0.25) is 9.64 Å². The Labute approximate surface area is 280 Å². The third kappa shape index (κ3) is 4.97. The highest BCUT2D eigenvalue weighted by Gasteiger charge is 2.52. The summed E-state index contributed by atoms with van der Waals surface area (Å²) in [7, 11) is 1.86. The van der Waals surface area contributed by atoms with Crippen molar-refractivity contribution < 1.29 is 36.0 Å². The van der Waals surface area contributed by atoms with Gasteiger partial charge in [0.2, 0.25) is 5.82 Å². The third-order valence-corrected chi connectivity index (χ3v) is 11.9. The maximum absolute atomic E-state index is 17.3. The van der Waals surface area contributed by atoms with Crippen molar-refractivity contribution >= 4 is 27.5 Å². The van der Waals surface area contributed by atoms with Crippen LogP contribution in [-0.2, 0) is 18.2 Å². The number of benzene rings is 2. The number of hydrogen-bond donors (Lipinski definition) is 1. The molecule has 0 unspecified atom stereocenters. The highest BCUT2D eigenvalue weighted by atomic mass is 19.4. The number of anilines is 1. The highest BCUT2D eigenvalue weighted by Crippen LogP contribution is 2.44. The number of alkyl halides is 3. The Morgan fingerprint density at radius 3 is 2.76 bits per heavy atom. The first kappa shape index (κ1) is 31.3. The molecule has 13 heteroatoms. The lowest BCUT2D eigenvalue weighted by molar-refractivity contribution is -0.667. The van der Waals surface area contributed by atoms with E-state index in [0.29, 0.717) is 58.8 Å². The fourth-order valence-electron chi connectivity index (χ4n) is 9.72. The lowest BCUT2D eigenvalue weighted by Crippen LogP contribution is -2.58. The molecule has 7 heterocycles. The highest BCUT2D eigenvalue weighted by molar-refractivity contribution is 6.00. The Balaban J connectivity index is 1.19. The van der Waals surface area contributed by atoms with Crippen LogP contribution in [0.5, 0.6) is 6.01 Å². The van der Waals surface area contributed by atoms with E-state index in [4.69, 9.17) is 14.7 Å². The van der Waals surface area contributed by atoms with Crippen molar-refractivity contribution in [3.05, 3.63) is 53.2 Å². The summed E-state index contributed by atoms with van der Waals surface area (Å²) >= 11 is 0. The van der Waals surface area contributed by atoms with E-state index in [1.165, 1.54) is 6.07 Å². The Bertz CT molecular complexity index is 2010. The van der Waals surface area contributed by atoms with Crippen LogP contribution in [0.2, 0.25) is 0 Å². The normalized spacial score (nSPS) is 27.9. The zero-order valence-corrected chi connectivity index (χ0v) is 27.4. The standard InChI is InChI=1S/C36H38F5N6O2/c1-19-24(37)9-7-20-5-3-6-23(28(19)20)32-30(38)31-29-27(45(32)2)12-11-26-25-10-8-21(42-25)16-47(26)33(29)44-34(43-31)48-18-35-13-4-14-46(35)17-22(15-35)49-36(39,40)41/h3,5-7,9,21-22,25-26,42H,4,8,10-18H2,1-2H3/q+1/t21-,22+,25+,26-,35+/m1/s1. The largest absolute Gasteiger partial charge is 0.522 e. The van der Waals surface area contributed by atoms with Crippen LogP contribution >= 0.6 is 0 Å². The Morgan fingerprint density at radius 2 is 1.92 bits per heavy atom. The zero-order chi connectivity index (χ0) is 33.8. The van der Waals surface area contributed by atoms with Gasteiger partial charge in [0.05, 0.1) is 17.2 Å². The molecule has 0 spiro atoms. The summed E-state index contributed by atoms with van der Waals surface area (Å²) in [5, 5.41) is 5.85. The topological polar surface area (TPSA) is 66.6 Å². The van der Waals surface area contributed by atoms with Gasteiger partial charge < -0.3 is 15.0 Å². The quantitative estimate of drug-likeness (QED) is 0.216. The number of fused-ring (bicyclic) bond motifs is 7.